The molecule has 7 nitrogen and oxygen atoms in total. The van der Waals surface area contributed by atoms with Crippen LogP contribution in [0.15, 0.2) is 51.4 Å². The number of hydrazone groups is 1. The van der Waals surface area contributed by atoms with Gasteiger partial charge in [0.25, 0.3) is 0 Å². The second kappa shape index (κ2) is 12.5. The number of anilines is 1. The Kier molecular flexibility index (Phi) is 10.3. The van der Waals surface area contributed by atoms with E-state index in [-0.39, 0.29) is 12.2 Å². The second-order valence-electron chi connectivity index (χ2n) is 6.72. The molecule has 0 saturated carbocycles. The summed E-state index contributed by atoms with van der Waals surface area (Å²) in [6, 6.07) is 10.4. The maximum atomic E-state index is 8.90. The molecule has 1 N–H and O–H groups in total. The van der Waals surface area contributed by atoms with Crippen molar-refractivity contribution in [2.75, 3.05) is 26.0 Å². The minimum Gasteiger partial charge on any atom is -0.379 e. The van der Waals surface area contributed by atoms with Crippen LogP contribution >= 0.6 is 0 Å². The molecule has 0 aliphatic heterocycles. The molecular formula is C21H33N7. The third kappa shape index (κ3) is 8.21. The fourth-order valence-corrected chi connectivity index (χ4v) is 2.56. The molecule has 0 radical (unpaired) electrons. The highest BCUT2D eigenvalue weighted by atomic mass is 15.6. The van der Waals surface area contributed by atoms with Crippen LogP contribution in [0.2, 0.25) is 0 Å². The molecule has 0 fully saturated rings. The summed E-state index contributed by atoms with van der Waals surface area (Å²) in [7, 11) is 3.80. The summed E-state index contributed by atoms with van der Waals surface area (Å²) in [5.74, 6) is 0. The molecule has 7 heteroatoms. The molecule has 0 saturated heterocycles. The molecule has 0 aromatic heterocycles. The number of hydrogen-bond acceptors (Lipinski definition) is 6. The number of nitriles is 1. The van der Waals surface area contributed by atoms with Crippen molar-refractivity contribution in [2.24, 2.45) is 15.4 Å². The summed E-state index contributed by atoms with van der Waals surface area (Å²) >= 11 is 0. The van der Waals surface area contributed by atoms with Crippen LogP contribution in [-0.4, -0.2) is 49.1 Å². The highest BCUT2D eigenvalue weighted by molar-refractivity contribution is 5.52. The fourth-order valence-electron chi connectivity index (χ4n) is 2.56. The van der Waals surface area contributed by atoms with Crippen LogP contribution in [0, 0.1) is 11.3 Å². The molecule has 1 aromatic rings. The third-order valence-corrected chi connectivity index (χ3v) is 4.51. The number of nitrogens with zero attached hydrogens (tertiary/aromatic N) is 6. The van der Waals surface area contributed by atoms with Gasteiger partial charge in [-0.25, -0.2) is 0 Å². The standard InChI is InChI=1S/C21H33N7/c1-7-17(3)21(24-20-11-9-10-19(16-20)12-14-22)13-15-27(5)26-25-18(4)28(6)23-8-2/h7-11,16,18,21,24H,12-13,15H2,1-6H3/b17-7+,23-8-,26-25?. The lowest BCUT2D eigenvalue weighted by atomic mass is 10.0. The molecule has 2 atom stereocenters. The van der Waals surface area contributed by atoms with Crippen molar-refractivity contribution < 1.29 is 0 Å². The Labute approximate surface area is 169 Å². The van der Waals surface area contributed by atoms with Crippen molar-refractivity contribution in [3.8, 4) is 6.07 Å². The minimum atomic E-state index is -0.118. The Morgan fingerprint density at radius 2 is 2.07 bits per heavy atom. The number of rotatable bonds is 11. The van der Waals surface area contributed by atoms with Crippen molar-refractivity contribution in [1.29, 1.82) is 5.26 Å². The van der Waals surface area contributed by atoms with E-state index in [0.29, 0.717) is 6.42 Å². The lowest BCUT2D eigenvalue weighted by Crippen LogP contribution is -2.27. The first-order chi connectivity index (χ1) is 13.4. The summed E-state index contributed by atoms with van der Waals surface area (Å²) in [6.45, 7) is 8.76. The van der Waals surface area contributed by atoms with E-state index in [1.54, 1.807) is 11.2 Å². The monoisotopic (exact) mass is 383 g/mol. The van der Waals surface area contributed by atoms with Crippen LogP contribution in [-0.2, 0) is 6.42 Å². The molecule has 0 aliphatic rings. The summed E-state index contributed by atoms with van der Waals surface area (Å²) in [6.07, 6.45) is 5.04. The first kappa shape index (κ1) is 23.2. The first-order valence-corrected chi connectivity index (χ1v) is 9.59. The van der Waals surface area contributed by atoms with Gasteiger partial charge >= 0.3 is 0 Å². The van der Waals surface area contributed by atoms with Crippen molar-refractivity contribution in [3.05, 3.63) is 41.5 Å². The Balaban J connectivity index is 2.70. The van der Waals surface area contributed by atoms with Crippen LogP contribution in [0.25, 0.3) is 0 Å². The second-order valence-corrected chi connectivity index (χ2v) is 6.72. The molecule has 0 amide bonds. The fraction of sp³-hybridized carbons (Fsp3) is 0.524. The van der Waals surface area contributed by atoms with Gasteiger partial charge in [0, 0.05) is 38.6 Å². The average molecular weight is 384 g/mol. The molecule has 0 aliphatic carbocycles. The Morgan fingerprint density at radius 1 is 1.32 bits per heavy atom. The normalized spacial score (nSPS) is 14.1. The zero-order chi connectivity index (χ0) is 20.9. The predicted molar refractivity (Wildman–Crippen MR) is 116 cm³/mol. The summed E-state index contributed by atoms with van der Waals surface area (Å²) in [5.41, 5.74) is 3.31. The molecule has 0 spiro atoms. The lowest BCUT2D eigenvalue weighted by Gasteiger charge is -2.23. The topological polar surface area (TPSA) is 79.4 Å². The van der Waals surface area contributed by atoms with E-state index < -0.39 is 0 Å². The first-order valence-electron chi connectivity index (χ1n) is 9.59. The van der Waals surface area contributed by atoms with Crippen LogP contribution in [0.5, 0.6) is 0 Å². The van der Waals surface area contributed by atoms with Crippen LogP contribution in [0.1, 0.15) is 39.7 Å². The summed E-state index contributed by atoms with van der Waals surface area (Å²) in [4.78, 5) is 0. The van der Waals surface area contributed by atoms with E-state index in [4.69, 9.17) is 5.26 Å². The van der Waals surface area contributed by atoms with Gasteiger partial charge < -0.3 is 5.32 Å². The van der Waals surface area contributed by atoms with Crippen LogP contribution < -0.4 is 5.32 Å². The number of benzene rings is 1. The maximum absolute atomic E-state index is 8.90. The third-order valence-electron chi connectivity index (χ3n) is 4.51. The van der Waals surface area contributed by atoms with Crippen molar-refractivity contribution in [2.45, 2.75) is 52.7 Å². The largest absolute Gasteiger partial charge is 0.379 e. The number of allylic oxidation sites excluding steroid dienone is 1. The molecule has 2 unspecified atom stereocenters. The van der Waals surface area contributed by atoms with Crippen molar-refractivity contribution in [1.82, 2.24) is 10.0 Å². The Morgan fingerprint density at radius 3 is 2.71 bits per heavy atom. The zero-order valence-corrected chi connectivity index (χ0v) is 17.9. The smallest absolute Gasteiger partial charge is 0.156 e. The van der Waals surface area contributed by atoms with Gasteiger partial charge in [0.05, 0.1) is 12.5 Å². The van der Waals surface area contributed by atoms with E-state index in [9.17, 15) is 0 Å². The van der Waals surface area contributed by atoms with Gasteiger partial charge in [-0.2, -0.15) is 10.4 Å². The van der Waals surface area contributed by atoms with Gasteiger partial charge in [-0.1, -0.05) is 29.0 Å². The highest BCUT2D eigenvalue weighted by Gasteiger charge is 2.12. The number of nitrogens with one attached hydrogen (secondary N) is 1. The number of hydrogen-bond donors (Lipinski definition) is 1. The van der Waals surface area contributed by atoms with E-state index in [1.807, 2.05) is 64.1 Å². The summed E-state index contributed by atoms with van der Waals surface area (Å²) < 4.78 is 0. The molecule has 152 valence electrons. The molecule has 28 heavy (non-hydrogen) atoms. The van der Waals surface area contributed by atoms with Gasteiger partial charge in [0.1, 0.15) is 0 Å². The van der Waals surface area contributed by atoms with Gasteiger partial charge in [-0.15, -0.1) is 5.11 Å². The molecule has 0 bridgehead atoms. The van der Waals surface area contributed by atoms with Crippen molar-refractivity contribution >= 4 is 11.9 Å². The highest BCUT2D eigenvalue weighted by Crippen LogP contribution is 2.17. The lowest BCUT2D eigenvalue weighted by molar-refractivity contribution is 0.239. The molecule has 1 rings (SSSR count). The molecular weight excluding hydrogens is 350 g/mol. The van der Waals surface area contributed by atoms with Gasteiger partial charge in [-0.05, 0) is 51.8 Å². The zero-order valence-electron chi connectivity index (χ0n) is 17.9. The van der Waals surface area contributed by atoms with Gasteiger partial charge in [0.15, 0.2) is 6.17 Å². The van der Waals surface area contributed by atoms with E-state index in [1.165, 1.54) is 5.57 Å². The maximum Gasteiger partial charge on any atom is 0.156 e. The van der Waals surface area contributed by atoms with E-state index >= 15 is 0 Å². The predicted octanol–water partition coefficient (Wildman–Crippen LogP) is 4.47. The Hall–Kier alpha value is -2.88. The molecule has 1 aromatic carbocycles. The molecule has 0 heterocycles. The quantitative estimate of drug-likeness (QED) is 0.265. The summed E-state index contributed by atoms with van der Waals surface area (Å²) in [5, 5.41) is 28.9. The van der Waals surface area contributed by atoms with E-state index in [0.717, 1.165) is 24.2 Å². The Bertz CT molecular complexity index is 718. The van der Waals surface area contributed by atoms with Gasteiger partial charge in [-0.3, -0.25) is 10.0 Å². The minimum absolute atomic E-state index is 0.118. The van der Waals surface area contributed by atoms with Crippen molar-refractivity contribution in [3.63, 3.8) is 0 Å². The van der Waals surface area contributed by atoms with Gasteiger partial charge in [0.2, 0.25) is 0 Å². The van der Waals surface area contributed by atoms with Crippen LogP contribution in [0.3, 0.4) is 0 Å². The van der Waals surface area contributed by atoms with E-state index in [2.05, 4.69) is 39.8 Å². The average Bonchev–Trinajstić information content (AvgIpc) is 2.69. The SMILES string of the molecule is C/C=N\N(C)C(C)N=NN(C)CCC(Nc1cccc(CC#N)c1)/C(C)=C/C. The van der Waals surface area contributed by atoms with Crippen LogP contribution in [0.4, 0.5) is 5.69 Å².